The van der Waals surface area contributed by atoms with E-state index in [1.165, 1.54) is 30.3 Å². The first-order valence-electron chi connectivity index (χ1n) is 4.63. The molecule has 0 saturated carbocycles. The molecule has 2 aromatic rings. The number of hydrogen-bond acceptors (Lipinski definition) is 4. The Kier molecular flexibility index (Phi) is 2.73. The fourth-order valence-corrected chi connectivity index (χ4v) is 1.45. The predicted octanol–water partition coefficient (Wildman–Crippen LogP) is 1.93. The maximum Gasteiger partial charge on any atom is 0.346 e. The Morgan fingerprint density at radius 3 is 2.82 bits per heavy atom. The molecule has 0 N–H and O–H groups in total. The van der Waals surface area contributed by atoms with Gasteiger partial charge in [0.2, 0.25) is 11.6 Å². The van der Waals surface area contributed by atoms with Gasteiger partial charge in [0.1, 0.15) is 0 Å². The molecular formula is C10H8FN3O3. The van der Waals surface area contributed by atoms with Crippen molar-refractivity contribution >= 4 is 5.69 Å². The van der Waals surface area contributed by atoms with Crippen molar-refractivity contribution in [1.29, 1.82) is 0 Å². The number of hydrogen-bond donors (Lipinski definition) is 0. The molecule has 0 amide bonds. The number of nitro benzene ring substituents is 1. The van der Waals surface area contributed by atoms with Crippen LogP contribution in [0.4, 0.5) is 10.1 Å². The molecule has 6 nitrogen and oxygen atoms in total. The lowest BCUT2D eigenvalue weighted by Crippen LogP contribution is -2.00. The highest BCUT2D eigenvalue weighted by Crippen LogP contribution is 2.32. The van der Waals surface area contributed by atoms with E-state index in [1.54, 1.807) is 6.20 Å². The van der Waals surface area contributed by atoms with Crippen molar-refractivity contribution in [3.8, 4) is 11.4 Å². The summed E-state index contributed by atoms with van der Waals surface area (Å²) in [5.41, 5.74) is -0.265. The Hall–Kier alpha value is -2.44. The van der Waals surface area contributed by atoms with Gasteiger partial charge >= 0.3 is 5.69 Å². The molecule has 1 heterocycles. The van der Waals surface area contributed by atoms with Gasteiger partial charge in [0.15, 0.2) is 0 Å². The number of imidazole rings is 1. The molecule has 0 spiro atoms. The van der Waals surface area contributed by atoms with Crippen LogP contribution in [0.25, 0.3) is 5.69 Å². The van der Waals surface area contributed by atoms with Gasteiger partial charge in [-0.05, 0) is 0 Å². The summed E-state index contributed by atoms with van der Waals surface area (Å²) in [6.07, 6.45) is 4.58. The van der Waals surface area contributed by atoms with E-state index in [1.807, 2.05) is 0 Å². The molecule has 0 aliphatic rings. The normalized spacial score (nSPS) is 10.2. The third-order valence-electron chi connectivity index (χ3n) is 2.22. The Morgan fingerprint density at radius 2 is 2.29 bits per heavy atom. The highest BCUT2D eigenvalue weighted by Gasteiger charge is 2.22. The molecule has 7 heteroatoms. The summed E-state index contributed by atoms with van der Waals surface area (Å²) in [6.45, 7) is 0. The zero-order chi connectivity index (χ0) is 12.4. The summed E-state index contributed by atoms with van der Waals surface area (Å²) in [5.74, 6) is -1.07. The average molecular weight is 237 g/mol. The van der Waals surface area contributed by atoms with Gasteiger partial charge in [-0.15, -0.1) is 0 Å². The first-order valence-corrected chi connectivity index (χ1v) is 4.63. The van der Waals surface area contributed by atoms with Gasteiger partial charge in [-0.2, -0.15) is 4.39 Å². The number of aromatic nitrogens is 2. The van der Waals surface area contributed by atoms with Crippen molar-refractivity contribution in [2.75, 3.05) is 7.11 Å². The SMILES string of the molecule is COc1cc(-n2ccnc2)cc(F)c1[N+](=O)[O-]. The van der Waals surface area contributed by atoms with Crippen molar-refractivity contribution < 1.29 is 14.1 Å². The van der Waals surface area contributed by atoms with E-state index < -0.39 is 16.4 Å². The monoisotopic (exact) mass is 237 g/mol. The van der Waals surface area contributed by atoms with Gasteiger partial charge in [0.05, 0.1) is 24.0 Å². The standard InChI is InChI=1S/C10H8FN3O3/c1-17-9-5-7(13-3-2-12-6-13)4-8(11)10(9)14(15)16/h2-6H,1H3. The molecule has 0 atom stereocenters. The fraction of sp³-hybridized carbons (Fsp3) is 0.100. The molecule has 2 rings (SSSR count). The van der Waals surface area contributed by atoms with Gasteiger partial charge in [-0.25, -0.2) is 4.98 Å². The quantitative estimate of drug-likeness (QED) is 0.604. The van der Waals surface area contributed by atoms with Crippen LogP contribution in [0.2, 0.25) is 0 Å². The van der Waals surface area contributed by atoms with Crippen molar-refractivity contribution in [2.45, 2.75) is 0 Å². The summed E-state index contributed by atoms with van der Waals surface area (Å²) in [5, 5.41) is 10.7. The molecule has 0 unspecified atom stereocenters. The van der Waals surface area contributed by atoms with Gasteiger partial charge in [-0.3, -0.25) is 10.1 Å². The molecule has 0 aliphatic heterocycles. The topological polar surface area (TPSA) is 70.2 Å². The number of halogens is 1. The van der Waals surface area contributed by atoms with Crippen LogP contribution in [0.3, 0.4) is 0 Å². The van der Waals surface area contributed by atoms with E-state index in [9.17, 15) is 14.5 Å². The second kappa shape index (κ2) is 4.20. The first-order chi connectivity index (χ1) is 8.13. The maximum atomic E-state index is 13.6. The van der Waals surface area contributed by atoms with Crippen LogP contribution in [0, 0.1) is 15.9 Å². The number of rotatable bonds is 3. The second-order valence-electron chi connectivity index (χ2n) is 3.21. The van der Waals surface area contributed by atoms with E-state index in [2.05, 4.69) is 4.98 Å². The lowest BCUT2D eigenvalue weighted by Gasteiger charge is -2.06. The van der Waals surface area contributed by atoms with Gasteiger partial charge < -0.3 is 9.30 Å². The Bertz CT molecular complexity index is 554. The molecule has 88 valence electrons. The smallest absolute Gasteiger partial charge is 0.346 e. The van der Waals surface area contributed by atoms with E-state index in [-0.39, 0.29) is 5.75 Å². The minimum atomic E-state index is -0.946. The summed E-state index contributed by atoms with van der Waals surface area (Å²) in [4.78, 5) is 13.7. The average Bonchev–Trinajstić information content (AvgIpc) is 2.80. The minimum absolute atomic E-state index is 0.126. The summed E-state index contributed by atoms with van der Waals surface area (Å²) >= 11 is 0. The summed E-state index contributed by atoms with van der Waals surface area (Å²) in [7, 11) is 1.25. The molecule has 0 aliphatic carbocycles. The van der Waals surface area contributed by atoms with E-state index >= 15 is 0 Å². The van der Waals surface area contributed by atoms with Crippen LogP contribution < -0.4 is 4.74 Å². The molecule has 1 aromatic carbocycles. The number of nitro groups is 1. The number of nitrogens with zero attached hydrogens (tertiary/aromatic N) is 3. The number of ether oxygens (including phenoxy) is 1. The van der Waals surface area contributed by atoms with Crippen LogP contribution in [0.5, 0.6) is 5.75 Å². The lowest BCUT2D eigenvalue weighted by molar-refractivity contribution is -0.388. The zero-order valence-electron chi connectivity index (χ0n) is 8.83. The second-order valence-corrected chi connectivity index (χ2v) is 3.21. The van der Waals surface area contributed by atoms with Crippen molar-refractivity contribution in [3.05, 3.63) is 46.8 Å². The maximum absolute atomic E-state index is 13.6. The number of benzene rings is 1. The molecule has 0 radical (unpaired) electrons. The van der Waals surface area contributed by atoms with Gasteiger partial charge in [0.25, 0.3) is 0 Å². The van der Waals surface area contributed by atoms with E-state index in [0.717, 1.165) is 6.07 Å². The van der Waals surface area contributed by atoms with Crippen LogP contribution >= 0.6 is 0 Å². The third kappa shape index (κ3) is 1.94. The highest BCUT2D eigenvalue weighted by atomic mass is 19.1. The molecule has 0 fully saturated rings. The largest absolute Gasteiger partial charge is 0.490 e. The Labute approximate surface area is 95.4 Å². The van der Waals surface area contributed by atoms with E-state index in [4.69, 9.17) is 4.74 Å². The van der Waals surface area contributed by atoms with Crippen molar-refractivity contribution in [2.24, 2.45) is 0 Å². The van der Waals surface area contributed by atoms with Crippen LogP contribution in [-0.4, -0.2) is 21.6 Å². The van der Waals surface area contributed by atoms with Gasteiger partial charge in [-0.1, -0.05) is 0 Å². The lowest BCUT2D eigenvalue weighted by atomic mass is 10.2. The molecule has 1 aromatic heterocycles. The highest BCUT2D eigenvalue weighted by molar-refractivity contribution is 5.54. The van der Waals surface area contributed by atoms with Crippen molar-refractivity contribution in [3.63, 3.8) is 0 Å². The minimum Gasteiger partial charge on any atom is -0.490 e. The Balaban J connectivity index is 2.60. The zero-order valence-corrected chi connectivity index (χ0v) is 8.83. The molecule has 0 saturated heterocycles. The van der Waals surface area contributed by atoms with Gasteiger partial charge in [0, 0.05) is 24.5 Å². The predicted molar refractivity (Wildman–Crippen MR) is 56.7 cm³/mol. The summed E-state index contributed by atoms with van der Waals surface area (Å²) in [6, 6.07) is 2.44. The summed E-state index contributed by atoms with van der Waals surface area (Å²) < 4.78 is 19.9. The fourth-order valence-electron chi connectivity index (χ4n) is 1.45. The third-order valence-corrected chi connectivity index (χ3v) is 2.22. The van der Waals surface area contributed by atoms with Crippen LogP contribution in [-0.2, 0) is 0 Å². The first kappa shape index (κ1) is 11.1. The number of methoxy groups -OCH3 is 1. The van der Waals surface area contributed by atoms with E-state index in [0.29, 0.717) is 5.69 Å². The molecule has 0 bridgehead atoms. The Morgan fingerprint density at radius 1 is 1.53 bits per heavy atom. The van der Waals surface area contributed by atoms with Crippen LogP contribution in [0.15, 0.2) is 30.9 Å². The van der Waals surface area contributed by atoms with Crippen LogP contribution in [0.1, 0.15) is 0 Å². The van der Waals surface area contributed by atoms with Crippen molar-refractivity contribution in [1.82, 2.24) is 9.55 Å². The molecule has 17 heavy (non-hydrogen) atoms. The molecular weight excluding hydrogens is 229 g/mol.